The highest BCUT2D eigenvalue weighted by Crippen LogP contribution is 2.21. The van der Waals surface area contributed by atoms with Crippen molar-refractivity contribution in [2.45, 2.75) is 34.3 Å². The molecule has 0 spiro atoms. The van der Waals surface area contributed by atoms with E-state index in [0.29, 0.717) is 16.7 Å². The van der Waals surface area contributed by atoms with E-state index in [1.54, 1.807) is 0 Å². The quantitative estimate of drug-likeness (QED) is 0.651. The molecule has 2 aromatic carbocycles. The van der Waals surface area contributed by atoms with Crippen LogP contribution in [0.3, 0.4) is 0 Å². The molecule has 3 aromatic rings. The SMILES string of the molecule is Cc1ccc(NC(=O)Nc2nnc(COc3ccc(C)c(C)c3)s2)cc1C. The summed E-state index contributed by atoms with van der Waals surface area (Å²) >= 11 is 1.28. The monoisotopic (exact) mass is 382 g/mol. The summed E-state index contributed by atoms with van der Waals surface area (Å²) in [4.78, 5) is 12.1. The molecule has 140 valence electrons. The number of carbonyl (C=O) groups is 1. The van der Waals surface area contributed by atoms with Crippen LogP contribution in [0.2, 0.25) is 0 Å². The van der Waals surface area contributed by atoms with Crippen LogP contribution in [0, 0.1) is 27.7 Å². The third-order valence-corrected chi connectivity index (χ3v) is 5.10. The van der Waals surface area contributed by atoms with Gasteiger partial charge in [-0.2, -0.15) is 0 Å². The van der Waals surface area contributed by atoms with E-state index in [2.05, 4.69) is 27.8 Å². The Morgan fingerprint density at radius 1 is 0.926 bits per heavy atom. The van der Waals surface area contributed by atoms with Crippen molar-refractivity contribution in [2.24, 2.45) is 0 Å². The van der Waals surface area contributed by atoms with Gasteiger partial charge in [-0.1, -0.05) is 23.5 Å². The Morgan fingerprint density at radius 2 is 1.63 bits per heavy atom. The number of aromatic nitrogens is 2. The van der Waals surface area contributed by atoms with Gasteiger partial charge in [0.1, 0.15) is 12.4 Å². The number of anilines is 2. The number of aryl methyl sites for hydroxylation is 4. The maximum atomic E-state index is 12.1. The Morgan fingerprint density at radius 3 is 2.33 bits per heavy atom. The third-order valence-electron chi connectivity index (χ3n) is 4.29. The summed E-state index contributed by atoms with van der Waals surface area (Å²) in [6.45, 7) is 8.45. The molecule has 6 nitrogen and oxygen atoms in total. The van der Waals surface area contributed by atoms with Gasteiger partial charge >= 0.3 is 6.03 Å². The van der Waals surface area contributed by atoms with Gasteiger partial charge in [0, 0.05) is 5.69 Å². The van der Waals surface area contributed by atoms with Gasteiger partial charge in [-0.3, -0.25) is 5.32 Å². The van der Waals surface area contributed by atoms with Gasteiger partial charge in [0.05, 0.1) is 0 Å². The number of nitrogens with one attached hydrogen (secondary N) is 2. The predicted molar refractivity (Wildman–Crippen MR) is 109 cm³/mol. The third kappa shape index (κ3) is 5.04. The number of hydrogen-bond donors (Lipinski definition) is 2. The fraction of sp³-hybridized carbons (Fsp3) is 0.250. The van der Waals surface area contributed by atoms with Gasteiger partial charge in [0.15, 0.2) is 5.01 Å². The highest BCUT2D eigenvalue weighted by atomic mass is 32.1. The van der Waals surface area contributed by atoms with Gasteiger partial charge in [0.2, 0.25) is 5.13 Å². The lowest BCUT2D eigenvalue weighted by Gasteiger charge is -2.07. The van der Waals surface area contributed by atoms with Crippen LogP contribution in [-0.4, -0.2) is 16.2 Å². The van der Waals surface area contributed by atoms with Crippen molar-refractivity contribution < 1.29 is 9.53 Å². The zero-order valence-electron chi connectivity index (χ0n) is 15.8. The van der Waals surface area contributed by atoms with Crippen LogP contribution in [0.1, 0.15) is 27.3 Å². The summed E-state index contributed by atoms with van der Waals surface area (Å²) in [5.41, 5.74) is 5.43. The zero-order chi connectivity index (χ0) is 19.4. The van der Waals surface area contributed by atoms with Crippen LogP contribution < -0.4 is 15.4 Å². The summed E-state index contributed by atoms with van der Waals surface area (Å²) < 4.78 is 5.75. The fourth-order valence-corrected chi connectivity index (χ4v) is 3.04. The maximum Gasteiger partial charge on any atom is 0.325 e. The van der Waals surface area contributed by atoms with Crippen molar-refractivity contribution in [1.82, 2.24) is 10.2 Å². The van der Waals surface area contributed by atoms with Gasteiger partial charge in [-0.25, -0.2) is 4.79 Å². The fourth-order valence-electron chi connectivity index (χ4n) is 2.39. The largest absolute Gasteiger partial charge is 0.486 e. The number of hydrogen-bond acceptors (Lipinski definition) is 5. The highest BCUT2D eigenvalue weighted by molar-refractivity contribution is 7.15. The van der Waals surface area contributed by atoms with Crippen LogP contribution in [0.4, 0.5) is 15.6 Å². The minimum atomic E-state index is -0.351. The number of carbonyl (C=O) groups excluding carboxylic acids is 1. The Kier molecular flexibility index (Phi) is 5.71. The number of benzene rings is 2. The van der Waals surface area contributed by atoms with E-state index in [9.17, 15) is 4.79 Å². The topological polar surface area (TPSA) is 76.1 Å². The molecular formula is C20H22N4O2S. The molecule has 0 saturated heterocycles. The molecule has 1 aromatic heterocycles. The first-order valence-corrected chi connectivity index (χ1v) is 9.40. The lowest BCUT2D eigenvalue weighted by atomic mass is 10.1. The Labute approximate surface area is 162 Å². The Bertz CT molecular complexity index is 968. The lowest BCUT2D eigenvalue weighted by Crippen LogP contribution is -2.19. The van der Waals surface area contributed by atoms with E-state index in [0.717, 1.165) is 17.0 Å². The summed E-state index contributed by atoms with van der Waals surface area (Å²) in [6, 6.07) is 11.4. The van der Waals surface area contributed by atoms with Crippen molar-refractivity contribution in [3.05, 3.63) is 63.7 Å². The van der Waals surface area contributed by atoms with Gasteiger partial charge in [0.25, 0.3) is 0 Å². The van der Waals surface area contributed by atoms with E-state index in [1.807, 2.05) is 57.2 Å². The van der Waals surface area contributed by atoms with Crippen LogP contribution in [0.25, 0.3) is 0 Å². The highest BCUT2D eigenvalue weighted by Gasteiger charge is 2.09. The van der Waals surface area contributed by atoms with Crippen LogP contribution in [-0.2, 0) is 6.61 Å². The molecule has 0 saturated carbocycles. The average molecular weight is 382 g/mol. The lowest BCUT2D eigenvalue weighted by molar-refractivity contribution is 0.262. The molecule has 0 radical (unpaired) electrons. The smallest absolute Gasteiger partial charge is 0.325 e. The molecule has 2 amide bonds. The van der Waals surface area contributed by atoms with Crippen molar-refractivity contribution in [3.8, 4) is 5.75 Å². The minimum Gasteiger partial charge on any atom is -0.486 e. The summed E-state index contributed by atoms with van der Waals surface area (Å²) in [7, 11) is 0. The Balaban J connectivity index is 1.54. The van der Waals surface area contributed by atoms with Crippen molar-refractivity contribution in [3.63, 3.8) is 0 Å². The number of ether oxygens (including phenoxy) is 1. The van der Waals surface area contributed by atoms with Crippen molar-refractivity contribution in [2.75, 3.05) is 10.6 Å². The second-order valence-electron chi connectivity index (χ2n) is 6.41. The summed E-state index contributed by atoms with van der Waals surface area (Å²) in [5.74, 6) is 0.787. The first-order valence-electron chi connectivity index (χ1n) is 8.58. The van der Waals surface area contributed by atoms with Gasteiger partial charge in [-0.15, -0.1) is 10.2 Å². The van der Waals surface area contributed by atoms with Crippen molar-refractivity contribution >= 4 is 28.2 Å². The average Bonchev–Trinajstić information content (AvgIpc) is 3.06. The molecule has 0 unspecified atom stereocenters. The number of amides is 2. The summed E-state index contributed by atoms with van der Waals surface area (Å²) in [5, 5.41) is 14.7. The molecule has 7 heteroatoms. The Hall–Kier alpha value is -2.93. The second kappa shape index (κ2) is 8.18. The first-order chi connectivity index (χ1) is 12.9. The number of urea groups is 1. The van der Waals surface area contributed by atoms with Crippen LogP contribution in [0.15, 0.2) is 36.4 Å². The summed E-state index contributed by atoms with van der Waals surface area (Å²) in [6.07, 6.45) is 0. The zero-order valence-corrected chi connectivity index (χ0v) is 16.6. The number of rotatable bonds is 5. The van der Waals surface area contributed by atoms with Gasteiger partial charge in [-0.05, 0) is 74.2 Å². The second-order valence-corrected chi connectivity index (χ2v) is 7.48. The molecule has 3 rings (SSSR count). The normalized spacial score (nSPS) is 10.5. The van der Waals surface area contributed by atoms with E-state index < -0.39 is 0 Å². The van der Waals surface area contributed by atoms with Crippen molar-refractivity contribution in [1.29, 1.82) is 0 Å². The minimum absolute atomic E-state index is 0.306. The first kappa shape index (κ1) is 18.8. The molecule has 2 N–H and O–H groups in total. The van der Waals surface area contributed by atoms with E-state index in [4.69, 9.17) is 4.74 Å². The van der Waals surface area contributed by atoms with Gasteiger partial charge < -0.3 is 10.1 Å². The molecule has 1 heterocycles. The molecule has 0 aliphatic heterocycles. The van der Waals surface area contributed by atoms with E-state index in [1.165, 1.54) is 28.0 Å². The standard InChI is InChI=1S/C20H22N4O2S/c1-12-5-7-16(9-14(12)3)21-19(25)22-20-24-23-18(27-20)11-26-17-8-6-13(2)15(4)10-17/h5-10H,11H2,1-4H3,(H2,21,22,24,25). The molecular weight excluding hydrogens is 360 g/mol. The number of nitrogens with zero attached hydrogens (tertiary/aromatic N) is 2. The molecule has 27 heavy (non-hydrogen) atoms. The molecule has 0 aliphatic rings. The van der Waals surface area contributed by atoms with E-state index >= 15 is 0 Å². The maximum absolute atomic E-state index is 12.1. The van der Waals surface area contributed by atoms with E-state index in [-0.39, 0.29) is 6.03 Å². The van der Waals surface area contributed by atoms with Crippen LogP contribution >= 0.6 is 11.3 Å². The van der Waals surface area contributed by atoms with Crippen LogP contribution in [0.5, 0.6) is 5.75 Å². The predicted octanol–water partition coefficient (Wildman–Crippen LogP) is 4.99. The molecule has 0 aliphatic carbocycles. The molecule has 0 fully saturated rings. The molecule has 0 atom stereocenters. The molecule has 0 bridgehead atoms.